The van der Waals surface area contributed by atoms with Crippen molar-refractivity contribution >= 4 is 17.7 Å². The minimum atomic E-state index is -0.0485. The van der Waals surface area contributed by atoms with Crippen LogP contribution in [0.25, 0.3) is 0 Å². The van der Waals surface area contributed by atoms with Crippen LogP contribution in [0.2, 0.25) is 0 Å². The van der Waals surface area contributed by atoms with Gasteiger partial charge in [0.05, 0.1) is 0 Å². The number of amides is 1. The van der Waals surface area contributed by atoms with Crippen LogP contribution in [0.15, 0.2) is 30.3 Å². The van der Waals surface area contributed by atoms with Crippen molar-refractivity contribution in [3.05, 3.63) is 35.9 Å². The third-order valence-corrected chi connectivity index (χ3v) is 4.52. The summed E-state index contributed by atoms with van der Waals surface area (Å²) in [7, 11) is 0. The molecule has 0 fully saturated rings. The van der Waals surface area contributed by atoms with Crippen LogP contribution >= 0.6 is 11.8 Å². The molecule has 0 spiro atoms. The van der Waals surface area contributed by atoms with E-state index < -0.39 is 0 Å². The van der Waals surface area contributed by atoms with Gasteiger partial charge in [0.25, 0.3) is 0 Å². The first-order valence-corrected chi connectivity index (χ1v) is 8.24. The van der Waals surface area contributed by atoms with Crippen LogP contribution in [0.1, 0.15) is 44.4 Å². The maximum atomic E-state index is 12.6. The number of hydrogen-bond acceptors (Lipinski definition) is 2. The number of nitrogens with zero attached hydrogens (tertiary/aromatic N) is 1. The summed E-state index contributed by atoms with van der Waals surface area (Å²) >= 11 is 1.78. The predicted molar refractivity (Wildman–Crippen MR) is 84.5 cm³/mol. The standard InChI is InChI=1S/C16H25NOS/c1-4-7-13-19-15(14-11-9-8-10-12-14)16(18)17(5-2)6-3/h8-12,15H,4-7,13H2,1-3H3. The molecule has 1 unspecified atom stereocenters. The predicted octanol–water partition coefficient (Wildman–Crippen LogP) is 4.13. The van der Waals surface area contributed by atoms with E-state index in [2.05, 4.69) is 19.1 Å². The summed E-state index contributed by atoms with van der Waals surface area (Å²) in [5.74, 6) is 1.29. The molecule has 106 valence electrons. The molecule has 0 radical (unpaired) electrons. The zero-order chi connectivity index (χ0) is 14.1. The molecule has 0 aromatic heterocycles. The van der Waals surface area contributed by atoms with E-state index in [4.69, 9.17) is 0 Å². The highest BCUT2D eigenvalue weighted by molar-refractivity contribution is 8.00. The smallest absolute Gasteiger partial charge is 0.240 e. The third-order valence-electron chi connectivity index (χ3n) is 3.18. The number of rotatable bonds is 8. The Hall–Kier alpha value is -0.960. The molecule has 1 rings (SSSR count). The van der Waals surface area contributed by atoms with Gasteiger partial charge in [-0.2, -0.15) is 0 Å². The molecule has 0 aliphatic rings. The second kappa shape index (κ2) is 9.03. The van der Waals surface area contributed by atoms with E-state index in [-0.39, 0.29) is 11.2 Å². The second-order valence-corrected chi connectivity index (χ2v) is 5.74. The largest absolute Gasteiger partial charge is 0.342 e. The van der Waals surface area contributed by atoms with Gasteiger partial charge in [-0.1, -0.05) is 43.7 Å². The molecule has 3 heteroatoms. The summed E-state index contributed by atoms with van der Waals surface area (Å²) in [6, 6.07) is 10.1. The van der Waals surface area contributed by atoms with Gasteiger partial charge in [0.2, 0.25) is 5.91 Å². The first-order chi connectivity index (χ1) is 9.24. The minimum Gasteiger partial charge on any atom is -0.342 e. The Morgan fingerprint density at radius 2 is 1.79 bits per heavy atom. The van der Waals surface area contributed by atoms with Gasteiger partial charge in [0.15, 0.2) is 0 Å². The Bertz CT molecular complexity index is 362. The Kier molecular flexibility index (Phi) is 7.65. The van der Waals surface area contributed by atoms with Crippen molar-refractivity contribution in [2.45, 2.75) is 38.9 Å². The number of thioether (sulfide) groups is 1. The zero-order valence-electron chi connectivity index (χ0n) is 12.3. The fourth-order valence-electron chi connectivity index (χ4n) is 1.98. The van der Waals surface area contributed by atoms with Crippen molar-refractivity contribution < 1.29 is 4.79 Å². The molecule has 1 amide bonds. The fourth-order valence-corrected chi connectivity index (χ4v) is 3.32. The Balaban J connectivity index is 2.82. The van der Waals surface area contributed by atoms with Crippen LogP contribution in [-0.4, -0.2) is 29.6 Å². The SMILES string of the molecule is CCCCSC(C(=O)N(CC)CC)c1ccccc1. The van der Waals surface area contributed by atoms with E-state index in [0.29, 0.717) is 0 Å². The summed E-state index contributed by atoms with van der Waals surface area (Å²) in [4.78, 5) is 14.5. The maximum Gasteiger partial charge on any atom is 0.240 e. The van der Waals surface area contributed by atoms with Gasteiger partial charge >= 0.3 is 0 Å². The molecule has 2 nitrogen and oxygen atoms in total. The number of hydrogen-bond donors (Lipinski definition) is 0. The lowest BCUT2D eigenvalue weighted by Gasteiger charge is -2.25. The molecular formula is C16H25NOS. The van der Waals surface area contributed by atoms with Crippen LogP contribution in [-0.2, 0) is 4.79 Å². The van der Waals surface area contributed by atoms with Crippen molar-refractivity contribution in [1.29, 1.82) is 0 Å². The average Bonchev–Trinajstić information content (AvgIpc) is 2.46. The van der Waals surface area contributed by atoms with Crippen molar-refractivity contribution in [3.8, 4) is 0 Å². The zero-order valence-corrected chi connectivity index (χ0v) is 13.1. The normalized spacial score (nSPS) is 12.2. The van der Waals surface area contributed by atoms with E-state index in [9.17, 15) is 4.79 Å². The van der Waals surface area contributed by atoms with Crippen molar-refractivity contribution in [2.24, 2.45) is 0 Å². The first kappa shape index (κ1) is 16.1. The average molecular weight is 279 g/mol. The van der Waals surface area contributed by atoms with Gasteiger partial charge in [-0.25, -0.2) is 0 Å². The second-order valence-electron chi connectivity index (χ2n) is 4.53. The number of benzene rings is 1. The van der Waals surface area contributed by atoms with Gasteiger partial charge in [0.1, 0.15) is 5.25 Å². The van der Waals surface area contributed by atoms with Crippen LogP contribution in [0.3, 0.4) is 0 Å². The molecule has 1 atom stereocenters. The Morgan fingerprint density at radius 3 is 2.32 bits per heavy atom. The molecule has 1 aromatic rings. The fraction of sp³-hybridized carbons (Fsp3) is 0.562. The van der Waals surface area contributed by atoms with Gasteiger partial charge in [0, 0.05) is 13.1 Å². The highest BCUT2D eigenvalue weighted by Crippen LogP contribution is 2.31. The minimum absolute atomic E-state index is 0.0485. The van der Waals surface area contributed by atoms with E-state index in [1.807, 2.05) is 36.9 Å². The molecule has 0 bridgehead atoms. The van der Waals surface area contributed by atoms with Crippen molar-refractivity contribution in [2.75, 3.05) is 18.8 Å². The lowest BCUT2D eigenvalue weighted by Crippen LogP contribution is -2.34. The molecule has 0 N–H and O–H groups in total. The summed E-state index contributed by atoms with van der Waals surface area (Å²) in [5.41, 5.74) is 1.13. The summed E-state index contributed by atoms with van der Waals surface area (Å²) in [6.07, 6.45) is 2.34. The third kappa shape index (κ3) is 4.90. The number of likely N-dealkylation sites (N-methyl/N-ethyl adjacent to an activating group) is 1. The highest BCUT2D eigenvalue weighted by atomic mass is 32.2. The molecule has 0 aliphatic heterocycles. The monoisotopic (exact) mass is 279 g/mol. The highest BCUT2D eigenvalue weighted by Gasteiger charge is 2.24. The van der Waals surface area contributed by atoms with E-state index in [1.165, 1.54) is 12.8 Å². The summed E-state index contributed by atoms with van der Waals surface area (Å²) in [5, 5.41) is -0.0485. The van der Waals surface area contributed by atoms with Gasteiger partial charge in [-0.3, -0.25) is 4.79 Å². The number of unbranched alkanes of at least 4 members (excludes halogenated alkanes) is 1. The van der Waals surface area contributed by atoms with Crippen molar-refractivity contribution in [3.63, 3.8) is 0 Å². The molecular weight excluding hydrogens is 254 g/mol. The Morgan fingerprint density at radius 1 is 1.16 bits per heavy atom. The van der Waals surface area contributed by atoms with Crippen LogP contribution in [0.5, 0.6) is 0 Å². The molecule has 0 saturated carbocycles. The van der Waals surface area contributed by atoms with Gasteiger partial charge < -0.3 is 4.90 Å². The molecule has 0 saturated heterocycles. The first-order valence-electron chi connectivity index (χ1n) is 7.19. The molecule has 19 heavy (non-hydrogen) atoms. The van der Waals surface area contributed by atoms with Gasteiger partial charge in [-0.05, 0) is 31.6 Å². The topological polar surface area (TPSA) is 20.3 Å². The van der Waals surface area contributed by atoms with Gasteiger partial charge in [-0.15, -0.1) is 11.8 Å². The Labute approximate surface area is 121 Å². The summed E-state index contributed by atoms with van der Waals surface area (Å²) < 4.78 is 0. The summed E-state index contributed by atoms with van der Waals surface area (Å²) in [6.45, 7) is 7.84. The number of carbonyl (C=O) groups excluding carboxylic acids is 1. The lowest BCUT2D eigenvalue weighted by atomic mass is 10.1. The van der Waals surface area contributed by atoms with E-state index in [0.717, 1.165) is 24.4 Å². The van der Waals surface area contributed by atoms with E-state index >= 15 is 0 Å². The van der Waals surface area contributed by atoms with Crippen LogP contribution < -0.4 is 0 Å². The van der Waals surface area contributed by atoms with Crippen LogP contribution in [0.4, 0.5) is 0 Å². The quantitative estimate of drug-likeness (QED) is 0.667. The molecule has 0 heterocycles. The number of carbonyl (C=O) groups is 1. The van der Waals surface area contributed by atoms with Crippen LogP contribution in [0, 0.1) is 0 Å². The van der Waals surface area contributed by atoms with Crippen molar-refractivity contribution in [1.82, 2.24) is 4.90 Å². The lowest BCUT2D eigenvalue weighted by molar-refractivity contribution is -0.130. The molecule has 0 aliphatic carbocycles. The molecule has 1 aromatic carbocycles. The van der Waals surface area contributed by atoms with E-state index in [1.54, 1.807) is 11.8 Å². The maximum absolute atomic E-state index is 12.6.